The highest BCUT2D eigenvalue weighted by molar-refractivity contribution is 7.22. The highest BCUT2D eigenvalue weighted by atomic mass is 35.5. The van der Waals surface area contributed by atoms with Crippen LogP contribution in [0.4, 0.5) is 0 Å². The number of carbonyl (C=O) groups excluding carboxylic acids is 1. The summed E-state index contributed by atoms with van der Waals surface area (Å²) in [7, 11) is 0. The van der Waals surface area contributed by atoms with Crippen molar-refractivity contribution in [3.8, 4) is 27.7 Å². The summed E-state index contributed by atoms with van der Waals surface area (Å²) in [4.78, 5) is 24.2. The normalized spacial score (nSPS) is 12.1. The van der Waals surface area contributed by atoms with E-state index in [1.165, 1.54) is 11.6 Å². The van der Waals surface area contributed by atoms with Crippen LogP contribution in [0, 0.1) is 5.92 Å². The Labute approximate surface area is 238 Å². The van der Waals surface area contributed by atoms with Crippen LogP contribution < -0.4 is 15.2 Å². The molecule has 6 nitrogen and oxygen atoms in total. The third kappa shape index (κ3) is 7.06. The van der Waals surface area contributed by atoms with E-state index in [-0.39, 0.29) is 18.3 Å². The maximum absolute atomic E-state index is 12.4. The first-order valence-electron chi connectivity index (χ1n) is 12.5. The van der Waals surface area contributed by atoms with Crippen LogP contribution in [0.5, 0.6) is 17.2 Å². The first-order chi connectivity index (χ1) is 18.1. The van der Waals surface area contributed by atoms with Gasteiger partial charge in [-0.2, -0.15) is 0 Å². The molecule has 0 aliphatic carbocycles. The third-order valence-electron chi connectivity index (χ3n) is 6.17. The molecular weight excluding hydrogens is 534 g/mol. The summed E-state index contributed by atoms with van der Waals surface area (Å²) in [6.45, 7) is 8.08. The molecule has 1 aromatic heterocycles. The molecule has 3 aromatic carbocycles. The highest BCUT2D eigenvalue weighted by Crippen LogP contribution is 2.48. The molecule has 1 atom stereocenters. The summed E-state index contributed by atoms with van der Waals surface area (Å²) in [5, 5.41) is 9.77. The lowest BCUT2D eigenvalue weighted by Crippen LogP contribution is -2.38. The lowest BCUT2D eigenvalue weighted by Gasteiger charge is -2.14. The van der Waals surface area contributed by atoms with Crippen molar-refractivity contribution in [2.75, 3.05) is 0 Å². The van der Waals surface area contributed by atoms with Crippen LogP contribution in [0.25, 0.3) is 26.6 Å². The fraction of sp³-hybridized carbons (Fsp3) is 0.226. The fourth-order valence-corrected chi connectivity index (χ4v) is 5.20. The molecule has 204 valence electrons. The molecule has 0 radical (unpaired) electrons. The Hall–Kier alpha value is -3.65. The largest absolute Gasteiger partial charge is 0.478 e. The lowest BCUT2D eigenvalue weighted by atomic mass is 9.96. The molecule has 1 unspecified atom stereocenters. The monoisotopic (exact) mass is 565 g/mol. The SMILES string of the molecule is CC(C)c1ccccc1-c1sc2cc(OC(=O)C(N)C(C)C)ccc2c1Oc1ccc(C=CC(=O)O)cc1.Cl. The van der Waals surface area contributed by atoms with E-state index in [1.54, 1.807) is 29.5 Å². The summed E-state index contributed by atoms with van der Waals surface area (Å²) in [6, 6.07) is 20.3. The number of rotatable bonds is 9. The summed E-state index contributed by atoms with van der Waals surface area (Å²) in [5.74, 6) is 0.582. The number of carboxylic acid groups (broad SMARTS) is 1. The Bertz CT molecular complexity index is 1490. The molecule has 39 heavy (non-hydrogen) atoms. The van der Waals surface area contributed by atoms with Crippen molar-refractivity contribution in [2.45, 2.75) is 39.7 Å². The van der Waals surface area contributed by atoms with Crippen molar-refractivity contribution in [3.05, 3.63) is 83.9 Å². The number of benzene rings is 3. The zero-order chi connectivity index (χ0) is 27.4. The van der Waals surface area contributed by atoms with Crippen LogP contribution in [0.15, 0.2) is 72.8 Å². The van der Waals surface area contributed by atoms with Crippen molar-refractivity contribution in [1.82, 2.24) is 0 Å². The van der Waals surface area contributed by atoms with Gasteiger partial charge in [-0.05, 0) is 64.9 Å². The van der Waals surface area contributed by atoms with Crippen molar-refractivity contribution in [2.24, 2.45) is 11.7 Å². The molecule has 0 fully saturated rings. The topological polar surface area (TPSA) is 98.9 Å². The number of aliphatic carboxylic acids is 1. The Balaban J connectivity index is 0.00000420. The number of fused-ring (bicyclic) bond motifs is 1. The summed E-state index contributed by atoms with van der Waals surface area (Å²) in [6.07, 6.45) is 2.63. The molecule has 0 saturated carbocycles. The van der Waals surface area contributed by atoms with E-state index in [4.69, 9.17) is 20.3 Å². The molecule has 8 heteroatoms. The van der Waals surface area contributed by atoms with Crippen molar-refractivity contribution >= 4 is 51.8 Å². The fourth-order valence-electron chi connectivity index (χ4n) is 3.99. The van der Waals surface area contributed by atoms with Gasteiger partial charge in [0.2, 0.25) is 0 Å². The number of halogens is 1. The number of hydrogen-bond donors (Lipinski definition) is 2. The van der Waals surface area contributed by atoms with E-state index < -0.39 is 18.0 Å². The predicted octanol–water partition coefficient (Wildman–Crippen LogP) is 7.89. The smallest absolute Gasteiger partial charge is 0.328 e. The Morgan fingerprint density at radius 3 is 2.26 bits per heavy atom. The Morgan fingerprint density at radius 2 is 1.62 bits per heavy atom. The molecule has 0 aliphatic rings. The van der Waals surface area contributed by atoms with Crippen LogP contribution in [-0.4, -0.2) is 23.1 Å². The van der Waals surface area contributed by atoms with E-state index in [0.717, 1.165) is 32.2 Å². The van der Waals surface area contributed by atoms with E-state index in [9.17, 15) is 9.59 Å². The Morgan fingerprint density at radius 1 is 0.949 bits per heavy atom. The number of esters is 1. The zero-order valence-corrected chi connectivity index (χ0v) is 23.8. The minimum Gasteiger partial charge on any atom is -0.478 e. The maximum atomic E-state index is 12.4. The van der Waals surface area contributed by atoms with Crippen LogP contribution >= 0.6 is 23.7 Å². The first-order valence-corrected chi connectivity index (χ1v) is 13.3. The van der Waals surface area contributed by atoms with Crippen LogP contribution in [-0.2, 0) is 9.59 Å². The number of carbonyl (C=O) groups is 2. The summed E-state index contributed by atoms with van der Waals surface area (Å²) in [5.41, 5.74) is 9.02. The molecule has 0 bridgehead atoms. The summed E-state index contributed by atoms with van der Waals surface area (Å²) < 4.78 is 13.0. The van der Waals surface area contributed by atoms with Crippen LogP contribution in [0.2, 0.25) is 0 Å². The second-order valence-electron chi connectivity index (χ2n) is 9.69. The summed E-state index contributed by atoms with van der Waals surface area (Å²) >= 11 is 1.57. The molecule has 1 heterocycles. The lowest BCUT2D eigenvalue weighted by molar-refractivity contribution is -0.137. The molecule has 0 saturated heterocycles. The van der Waals surface area contributed by atoms with Crippen molar-refractivity contribution in [1.29, 1.82) is 0 Å². The second kappa shape index (κ2) is 12.9. The van der Waals surface area contributed by atoms with Gasteiger partial charge in [-0.15, -0.1) is 23.7 Å². The number of nitrogens with two attached hydrogens (primary N) is 1. The quantitative estimate of drug-likeness (QED) is 0.122. The highest BCUT2D eigenvalue weighted by Gasteiger charge is 2.22. The van der Waals surface area contributed by atoms with Crippen molar-refractivity contribution in [3.63, 3.8) is 0 Å². The third-order valence-corrected chi connectivity index (χ3v) is 7.34. The van der Waals surface area contributed by atoms with E-state index in [2.05, 4.69) is 26.0 Å². The second-order valence-corrected chi connectivity index (χ2v) is 10.7. The molecule has 3 N–H and O–H groups in total. The molecular formula is C31H32ClNO5S. The van der Waals surface area contributed by atoms with Gasteiger partial charge in [0.05, 0.1) is 4.88 Å². The number of ether oxygens (including phenoxy) is 2. The van der Waals surface area contributed by atoms with Gasteiger partial charge >= 0.3 is 11.9 Å². The van der Waals surface area contributed by atoms with Gasteiger partial charge in [0.1, 0.15) is 17.5 Å². The maximum Gasteiger partial charge on any atom is 0.328 e. The average molecular weight is 566 g/mol. The molecule has 0 aliphatic heterocycles. The number of carboxylic acids is 1. The predicted molar refractivity (Wildman–Crippen MR) is 160 cm³/mol. The van der Waals surface area contributed by atoms with Gasteiger partial charge in [-0.3, -0.25) is 0 Å². The van der Waals surface area contributed by atoms with Gasteiger partial charge in [0.25, 0.3) is 0 Å². The van der Waals surface area contributed by atoms with E-state index in [0.29, 0.717) is 23.2 Å². The van der Waals surface area contributed by atoms with Crippen LogP contribution in [0.1, 0.15) is 44.7 Å². The van der Waals surface area contributed by atoms with Gasteiger partial charge in [0, 0.05) is 16.2 Å². The van der Waals surface area contributed by atoms with E-state index in [1.807, 2.05) is 50.2 Å². The molecule has 4 aromatic rings. The van der Waals surface area contributed by atoms with E-state index >= 15 is 0 Å². The van der Waals surface area contributed by atoms with Crippen molar-refractivity contribution < 1.29 is 24.2 Å². The molecule has 0 spiro atoms. The first kappa shape index (κ1) is 29.9. The van der Waals surface area contributed by atoms with Gasteiger partial charge in [0.15, 0.2) is 5.75 Å². The minimum absolute atomic E-state index is 0. The Kier molecular flexibility index (Phi) is 9.92. The molecule has 4 rings (SSSR count). The minimum atomic E-state index is -1.00. The van der Waals surface area contributed by atoms with Gasteiger partial charge in [-0.25, -0.2) is 9.59 Å². The van der Waals surface area contributed by atoms with Gasteiger partial charge < -0.3 is 20.3 Å². The number of thiophene rings is 1. The average Bonchev–Trinajstić information content (AvgIpc) is 3.24. The zero-order valence-electron chi connectivity index (χ0n) is 22.2. The number of hydrogen-bond acceptors (Lipinski definition) is 6. The van der Waals surface area contributed by atoms with Gasteiger partial charge in [-0.1, -0.05) is 64.1 Å². The standard InChI is InChI=1S/C31H31NO5S.ClH/c1-18(2)23-7-5-6-8-24(23)30-29(36-21-12-9-20(10-13-21)11-16-27(33)34)25-15-14-22(17-26(25)38-30)37-31(35)28(32)19(3)4;/h5-19,28H,32H2,1-4H3,(H,33,34);1H. The van der Waals surface area contributed by atoms with Crippen LogP contribution in [0.3, 0.4) is 0 Å². The molecule has 0 amide bonds.